The highest BCUT2D eigenvalue weighted by Crippen LogP contribution is 2.38. The normalized spacial score (nSPS) is 24.4. The number of nitrogens with one attached hydrogen (secondary N) is 2. The first-order valence-electron chi connectivity index (χ1n) is 8.92. The van der Waals surface area contributed by atoms with Crippen LogP contribution in [0, 0.1) is 17.8 Å². The Bertz CT molecular complexity index is 593. The minimum Gasteiger partial charge on any atom is -0.391 e. The number of aliphatic hydroxyl groups excluding tert-OH is 1. The van der Waals surface area contributed by atoms with Crippen LogP contribution in [0.2, 0.25) is 0 Å². The molecule has 5 nitrogen and oxygen atoms in total. The fourth-order valence-electron chi connectivity index (χ4n) is 3.44. The number of hydrogen-bond donors (Lipinski definition) is 3. The molecule has 1 aromatic rings. The van der Waals surface area contributed by atoms with Crippen molar-refractivity contribution in [1.82, 2.24) is 5.32 Å². The van der Waals surface area contributed by atoms with Gasteiger partial charge < -0.3 is 15.7 Å². The van der Waals surface area contributed by atoms with Gasteiger partial charge >= 0.3 is 0 Å². The van der Waals surface area contributed by atoms with E-state index in [1.165, 1.54) is 12.8 Å². The minimum absolute atomic E-state index is 0.0550. The number of aliphatic hydroxyl groups is 1. The highest BCUT2D eigenvalue weighted by molar-refractivity contribution is 5.96. The fraction of sp³-hybridized carbons (Fsp3) is 0.579. The highest BCUT2D eigenvalue weighted by Gasteiger charge is 2.39. The monoisotopic (exact) mass is 330 g/mol. The van der Waals surface area contributed by atoms with Crippen LogP contribution in [0.4, 0.5) is 5.69 Å². The predicted octanol–water partition coefficient (Wildman–Crippen LogP) is 2.56. The second-order valence-corrected chi connectivity index (χ2v) is 7.21. The Morgan fingerprint density at radius 3 is 2.42 bits per heavy atom. The van der Waals surface area contributed by atoms with Gasteiger partial charge in [-0.05, 0) is 55.4 Å². The van der Waals surface area contributed by atoms with E-state index in [1.54, 1.807) is 24.3 Å². The Morgan fingerprint density at radius 1 is 1.21 bits per heavy atom. The van der Waals surface area contributed by atoms with Gasteiger partial charge in [-0.1, -0.05) is 19.8 Å². The lowest BCUT2D eigenvalue weighted by Crippen LogP contribution is -2.35. The second kappa shape index (κ2) is 7.34. The van der Waals surface area contributed by atoms with Gasteiger partial charge in [0.2, 0.25) is 5.91 Å². The number of benzene rings is 1. The third-order valence-electron chi connectivity index (χ3n) is 5.28. The van der Waals surface area contributed by atoms with Crippen LogP contribution in [0.1, 0.15) is 49.4 Å². The summed E-state index contributed by atoms with van der Waals surface area (Å²) in [7, 11) is 0. The fourth-order valence-corrected chi connectivity index (χ4v) is 3.44. The van der Waals surface area contributed by atoms with E-state index in [-0.39, 0.29) is 17.7 Å². The number of carbonyl (C=O) groups excluding carboxylic acids is 2. The molecule has 0 saturated heterocycles. The molecule has 3 N–H and O–H groups in total. The van der Waals surface area contributed by atoms with Crippen molar-refractivity contribution < 1.29 is 14.7 Å². The Hall–Kier alpha value is -1.88. The molecule has 2 fully saturated rings. The molecule has 5 heteroatoms. The molecule has 0 bridgehead atoms. The van der Waals surface area contributed by atoms with Gasteiger partial charge in [0.05, 0.1) is 6.10 Å². The summed E-state index contributed by atoms with van der Waals surface area (Å²) in [6, 6.07) is 6.88. The number of rotatable bonds is 6. The van der Waals surface area contributed by atoms with Crippen LogP contribution in [0.15, 0.2) is 24.3 Å². The van der Waals surface area contributed by atoms with Crippen LogP contribution in [0.3, 0.4) is 0 Å². The lowest BCUT2D eigenvalue weighted by molar-refractivity contribution is -0.117. The summed E-state index contributed by atoms with van der Waals surface area (Å²) >= 11 is 0. The van der Waals surface area contributed by atoms with Crippen molar-refractivity contribution in [1.29, 1.82) is 0 Å². The van der Waals surface area contributed by atoms with Gasteiger partial charge in [-0.3, -0.25) is 9.59 Å². The van der Waals surface area contributed by atoms with E-state index in [1.807, 2.05) is 0 Å². The smallest absolute Gasteiger partial charge is 0.251 e. The highest BCUT2D eigenvalue weighted by atomic mass is 16.3. The molecule has 0 unspecified atom stereocenters. The van der Waals surface area contributed by atoms with Crippen LogP contribution in [-0.4, -0.2) is 29.6 Å². The average molecular weight is 330 g/mol. The Morgan fingerprint density at radius 2 is 1.83 bits per heavy atom. The molecule has 2 amide bonds. The SMILES string of the molecule is C[C@@H]1C[C@@H]1C(=O)Nc1ccc(C(=O)NC[C@@H](O)C2CCCC2)cc1. The molecule has 0 heterocycles. The van der Waals surface area contributed by atoms with Crippen LogP contribution >= 0.6 is 0 Å². The molecule has 0 aliphatic heterocycles. The van der Waals surface area contributed by atoms with Gasteiger partial charge in [-0.25, -0.2) is 0 Å². The molecule has 3 atom stereocenters. The molecule has 0 radical (unpaired) electrons. The largest absolute Gasteiger partial charge is 0.391 e. The van der Waals surface area contributed by atoms with Crippen molar-refractivity contribution in [2.75, 3.05) is 11.9 Å². The van der Waals surface area contributed by atoms with Crippen LogP contribution in [0.5, 0.6) is 0 Å². The quantitative estimate of drug-likeness (QED) is 0.750. The van der Waals surface area contributed by atoms with E-state index >= 15 is 0 Å². The molecule has 2 aliphatic carbocycles. The zero-order valence-corrected chi connectivity index (χ0v) is 14.1. The third-order valence-corrected chi connectivity index (χ3v) is 5.28. The Balaban J connectivity index is 1.47. The summed E-state index contributed by atoms with van der Waals surface area (Å²) in [5.41, 5.74) is 1.24. The van der Waals surface area contributed by atoms with Gasteiger partial charge in [0, 0.05) is 23.7 Å². The number of anilines is 1. The van der Waals surface area contributed by atoms with Crippen molar-refractivity contribution >= 4 is 17.5 Å². The van der Waals surface area contributed by atoms with Gasteiger partial charge in [0.25, 0.3) is 5.91 Å². The lowest BCUT2D eigenvalue weighted by Gasteiger charge is -2.18. The van der Waals surface area contributed by atoms with Gasteiger partial charge in [-0.2, -0.15) is 0 Å². The minimum atomic E-state index is -0.462. The Labute approximate surface area is 142 Å². The van der Waals surface area contributed by atoms with E-state index in [9.17, 15) is 14.7 Å². The third kappa shape index (κ3) is 4.15. The van der Waals surface area contributed by atoms with Gasteiger partial charge in [0.1, 0.15) is 0 Å². The van der Waals surface area contributed by atoms with E-state index in [4.69, 9.17) is 0 Å². The van der Waals surface area contributed by atoms with Crippen molar-refractivity contribution in [2.24, 2.45) is 17.8 Å². The standard InChI is InChI=1S/C19H26N2O3/c1-12-10-16(12)19(24)21-15-8-6-14(7-9-15)18(23)20-11-17(22)13-4-2-3-5-13/h6-9,12-13,16-17,22H,2-5,10-11H2,1H3,(H,20,23)(H,21,24)/t12-,16+,17-/m1/s1. The first-order valence-corrected chi connectivity index (χ1v) is 8.92. The molecule has 2 aliphatic rings. The summed E-state index contributed by atoms with van der Waals surface area (Å²) in [6.45, 7) is 2.36. The average Bonchev–Trinajstić information content (AvgIpc) is 3.09. The van der Waals surface area contributed by atoms with Crippen molar-refractivity contribution in [3.05, 3.63) is 29.8 Å². The first-order chi connectivity index (χ1) is 11.5. The van der Waals surface area contributed by atoms with E-state index in [0.29, 0.717) is 29.6 Å². The number of carbonyl (C=O) groups is 2. The Kier molecular flexibility index (Phi) is 5.19. The molecule has 130 valence electrons. The zero-order chi connectivity index (χ0) is 17.1. The summed E-state index contributed by atoms with van der Waals surface area (Å²) in [5.74, 6) is 0.777. The van der Waals surface area contributed by atoms with Gasteiger partial charge in [-0.15, -0.1) is 0 Å². The number of hydrogen-bond acceptors (Lipinski definition) is 3. The molecule has 0 aromatic heterocycles. The second-order valence-electron chi connectivity index (χ2n) is 7.21. The van der Waals surface area contributed by atoms with Gasteiger partial charge in [0.15, 0.2) is 0 Å². The van der Waals surface area contributed by atoms with Crippen LogP contribution < -0.4 is 10.6 Å². The predicted molar refractivity (Wildman–Crippen MR) is 92.6 cm³/mol. The van der Waals surface area contributed by atoms with Crippen molar-refractivity contribution in [3.8, 4) is 0 Å². The molecule has 0 spiro atoms. The lowest BCUT2D eigenvalue weighted by atomic mass is 10.0. The van der Waals surface area contributed by atoms with Crippen molar-refractivity contribution in [2.45, 2.75) is 45.1 Å². The number of amides is 2. The summed E-state index contributed by atoms with van der Waals surface area (Å²) < 4.78 is 0. The summed E-state index contributed by atoms with van der Waals surface area (Å²) in [4.78, 5) is 24.0. The zero-order valence-electron chi connectivity index (χ0n) is 14.1. The molecule has 24 heavy (non-hydrogen) atoms. The molecule has 3 rings (SSSR count). The summed E-state index contributed by atoms with van der Waals surface area (Å²) in [5, 5.41) is 15.8. The molecule has 2 saturated carbocycles. The van der Waals surface area contributed by atoms with E-state index < -0.39 is 6.10 Å². The van der Waals surface area contributed by atoms with E-state index in [2.05, 4.69) is 17.6 Å². The molecular weight excluding hydrogens is 304 g/mol. The molecule has 1 aromatic carbocycles. The maximum Gasteiger partial charge on any atom is 0.251 e. The summed E-state index contributed by atoms with van der Waals surface area (Å²) in [6.07, 6.45) is 4.92. The van der Waals surface area contributed by atoms with Crippen LogP contribution in [0.25, 0.3) is 0 Å². The molecular formula is C19H26N2O3. The topological polar surface area (TPSA) is 78.4 Å². The van der Waals surface area contributed by atoms with E-state index in [0.717, 1.165) is 19.3 Å². The van der Waals surface area contributed by atoms with Crippen molar-refractivity contribution in [3.63, 3.8) is 0 Å². The maximum atomic E-state index is 12.1. The van der Waals surface area contributed by atoms with Crippen LogP contribution in [-0.2, 0) is 4.79 Å². The first kappa shape index (κ1) is 17.0. The maximum absolute atomic E-state index is 12.1.